The molecule has 0 aromatic heterocycles. The van der Waals surface area contributed by atoms with Crippen LogP contribution in [0.1, 0.15) is 65.7 Å². The van der Waals surface area contributed by atoms with Gasteiger partial charge >= 0.3 is 0 Å². The van der Waals surface area contributed by atoms with E-state index in [1.165, 1.54) is 51.5 Å². The topological polar surface area (TPSA) is 12.0 Å². The zero-order chi connectivity index (χ0) is 13.7. The fourth-order valence-electron chi connectivity index (χ4n) is 5.57. The molecule has 3 unspecified atom stereocenters. The third kappa shape index (κ3) is 2.18. The summed E-state index contributed by atoms with van der Waals surface area (Å²) in [5.41, 5.74) is 1.08. The highest BCUT2D eigenvalue weighted by molar-refractivity contribution is 8.00. The number of nitrogens with one attached hydrogen (secondary N) is 1. The molecule has 3 rings (SSSR count). The Bertz CT molecular complexity index is 340. The molecule has 0 amide bonds. The normalized spacial score (nSPS) is 42.9. The SMILES string of the molecule is CSC1(CNC2C3(C)CCC(C3)C2(C)C)CCCC1. The van der Waals surface area contributed by atoms with E-state index in [-0.39, 0.29) is 0 Å². The van der Waals surface area contributed by atoms with Gasteiger partial charge in [0.05, 0.1) is 0 Å². The summed E-state index contributed by atoms with van der Waals surface area (Å²) in [6, 6.07) is 0.739. The zero-order valence-corrected chi connectivity index (χ0v) is 14.0. The van der Waals surface area contributed by atoms with Crippen molar-refractivity contribution in [2.45, 2.75) is 76.5 Å². The van der Waals surface area contributed by atoms with E-state index in [2.05, 4.69) is 44.1 Å². The molecule has 0 aromatic carbocycles. The van der Waals surface area contributed by atoms with Crippen LogP contribution in [-0.4, -0.2) is 23.6 Å². The fraction of sp³-hybridized carbons (Fsp3) is 1.00. The first-order chi connectivity index (χ1) is 8.92. The van der Waals surface area contributed by atoms with Crippen molar-refractivity contribution in [3.8, 4) is 0 Å². The molecule has 2 heteroatoms. The standard InChI is InChI=1S/C17H31NS/c1-15(2)13-7-10-16(3,11-13)14(15)18-12-17(19-4)8-5-6-9-17/h13-14,18H,5-12H2,1-4H3. The summed E-state index contributed by atoms with van der Waals surface area (Å²) in [6.07, 6.45) is 12.4. The molecular formula is C17H31NS. The number of hydrogen-bond acceptors (Lipinski definition) is 2. The van der Waals surface area contributed by atoms with E-state index < -0.39 is 0 Å². The van der Waals surface area contributed by atoms with Gasteiger partial charge in [-0.05, 0) is 55.1 Å². The van der Waals surface area contributed by atoms with E-state index in [1.54, 1.807) is 0 Å². The van der Waals surface area contributed by atoms with Crippen molar-refractivity contribution < 1.29 is 0 Å². The first-order valence-corrected chi connectivity index (χ1v) is 9.43. The van der Waals surface area contributed by atoms with Crippen molar-refractivity contribution in [1.29, 1.82) is 0 Å². The van der Waals surface area contributed by atoms with Gasteiger partial charge in [0.25, 0.3) is 0 Å². The quantitative estimate of drug-likeness (QED) is 0.816. The van der Waals surface area contributed by atoms with Gasteiger partial charge in [0.15, 0.2) is 0 Å². The van der Waals surface area contributed by atoms with Crippen LogP contribution >= 0.6 is 11.8 Å². The molecule has 0 spiro atoms. The number of hydrogen-bond donors (Lipinski definition) is 1. The van der Waals surface area contributed by atoms with Crippen LogP contribution in [0.4, 0.5) is 0 Å². The highest BCUT2D eigenvalue weighted by Gasteiger charge is 2.59. The second kappa shape index (κ2) is 4.66. The first kappa shape index (κ1) is 14.3. The third-order valence-corrected chi connectivity index (χ3v) is 8.26. The molecule has 3 saturated carbocycles. The van der Waals surface area contributed by atoms with Gasteiger partial charge in [0, 0.05) is 17.3 Å². The van der Waals surface area contributed by atoms with Gasteiger partial charge in [-0.25, -0.2) is 0 Å². The van der Waals surface area contributed by atoms with Crippen LogP contribution in [0.2, 0.25) is 0 Å². The molecule has 0 radical (unpaired) electrons. The van der Waals surface area contributed by atoms with Gasteiger partial charge in [0.1, 0.15) is 0 Å². The van der Waals surface area contributed by atoms with Crippen molar-refractivity contribution in [2.24, 2.45) is 16.7 Å². The minimum atomic E-state index is 0.505. The van der Waals surface area contributed by atoms with E-state index in [1.807, 2.05) is 0 Å². The molecule has 110 valence electrons. The second-order valence-corrected chi connectivity index (χ2v) is 9.60. The maximum Gasteiger partial charge on any atom is 0.0281 e. The molecule has 3 atom stereocenters. The van der Waals surface area contributed by atoms with Crippen LogP contribution < -0.4 is 5.32 Å². The Labute approximate surface area is 123 Å². The molecule has 1 N–H and O–H groups in total. The first-order valence-electron chi connectivity index (χ1n) is 8.20. The molecule has 3 fully saturated rings. The van der Waals surface area contributed by atoms with E-state index in [9.17, 15) is 0 Å². The maximum atomic E-state index is 4.06. The Kier molecular flexibility index (Phi) is 3.50. The Morgan fingerprint density at radius 2 is 1.79 bits per heavy atom. The molecule has 0 heterocycles. The fourth-order valence-corrected chi connectivity index (χ4v) is 6.50. The summed E-state index contributed by atoms with van der Waals surface area (Å²) < 4.78 is 0.550. The van der Waals surface area contributed by atoms with Crippen molar-refractivity contribution >= 4 is 11.8 Å². The van der Waals surface area contributed by atoms with Gasteiger partial charge in [0.2, 0.25) is 0 Å². The van der Waals surface area contributed by atoms with Gasteiger partial charge < -0.3 is 5.32 Å². The number of fused-ring (bicyclic) bond motifs is 2. The predicted molar refractivity (Wildman–Crippen MR) is 85.7 cm³/mol. The van der Waals surface area contributed by atoms with Gasteiger partial charge in [-0.3, -0.25) is 0 Å². The Hall–Kier alpha value is 0.310. The lowest BCUT2D eigenvalue weighted by Gasteiger charge is -2.45. The minimum absolute atomic E-state index is 0.505. The summed E-state index contributed by atoms with van der Waals surface area (Å²) in [4.78, 5) is 0. The van der Waals surface area contributed by atoms with Crippen LogP contribution in [0.5, 0.6) is 0 Å². The molecule has 0 aliphatic heterocycles. The van der Waals surface area contributed by atoms with E-state index in [4.69, 9.17) is 0 Å². The van der Waals surface area contributed by atoms with Gasteiger partial charge in [-0.15, -0.1) is 0 Å². The Morgan fingerprint density at radius 3 is 2.32 bits per heavy atom. The summed E-state index contributed by atoms with van der Waals surface area (Å²) in [7, 11) is 0. The Balaban J connectivity index is 1.69. The van der Waals surface area contributed by atoms with Gasteiger partial charge in [-0.1, -0.05) is 33.6 Å². The van der Waals surface area contributed by atoms with Crippen LogP contribution in [0.3, 0.4) is 0 Å². The molecule has 0 aromatic rings. The maximum absolute atomic E-state index is 4.06. The smallest absolute Gasteiger partial charge is 0.0281 e. The monoisotopic (exact) mass is 281 g/mol. The van der Waals surface area contributed by atoms with Crippen LogP contribution in [0.15, 0.2) is 0 Å². The molecule has 0 saturated heterocycles. The minimum Gasteiger partial charge on any atom is -0.312 e. The second-order valence-electron chi connectivity index (χ2n) is 8.32. The average Bonchev–Trinajstić information content (AvgIpc) is 3.00. The number of thioether (sulfide) groups is 1. The summed E-state index contributed by atoms with van der Waals surface area (Å²) >= 11 is 2.12. The largest absolute Gasteiger partial charge is 0.312 e. The summed E-state index contributed by atoms with van der Waals surface area (Å²) in [5, 5.41) is 4.06. The lowest BCUT2D eigenvalue weighted by Crippen LogP contribution is -2.53. The van der Waals surface area contributed by atoms with Crippen molar-refractivity contribution in [3.05, 3.63) is 0 Å². The summed E-state index contributed by atoms with van der Waals surface area (Å²) in [5.74, 6) is 0.962. The van der Waals surface area contributed by atoms with Crippen LogP contribution in [0.25, 0.3) is 0 Å². The van der Waals surface area contributed by atoms with E-state index in [0.717, 1.165) is 12.0 Å². The van der Waals surface area contributed by atoms with Crippen molar-refractivity contribution in [1.82, 2.24) is 5.32 Å². The molecule has 19 heavy (non-hydrogen) atoms. The molecule has 2 bridgehead atoms. The highest BCUT2D eigenvalue weighted by Crippen LogP contribution is 2.62. The molecule has 3 aliphatic carbocycles. The average molecular weight is 282 g/mol. The van der Waals surface area contributed by atoms with E-state index >= 15 is 0 Å². The Morgan fingerprint density at radius 1 is 1.11 bits per heavy atom. The zero-order valence-electron chi connectivity index (χ0n) is 13.2. The van der Waals surface area contributed by atoms with Crippen molar-refractivity contribution in [2.75, 3.05) is 12.8 Å². The van der Waals surface area contributed by atoms with Crippen LogP contribution in [0, 0.1) is 16.7 Å². The molecule has 1 nitrogen and oxygen atoms in total. The van der Waals surface area contributed by atoms with Crippen molar-refractivity contribution in [3.63, 3.8) is 0 Å². The van der Waals surface area contributed by atoms with Crippen LogP contribution in [-0.2, 0) is 0 Å². The summed E-state index contributed by atoms with van der Waals surface area (Å²) in [6.45, 7) is 8.81. The molecule has 3 aliphatic rings. The third-order valence-electron chi connectivity index (χ3n) is 6.85. The predicted octanol–water partition coefficient (Wildman–Crippen LogP) is 4.47. The lowest BCUT2D eigenvalue weighted by molar-refractivity contribution is 0.107. The lowest BCUT2D eigenvalue weighted by atomic mass is 9.68. The molecular weight excluding hydrogens is 250 g/mol. The van der Waals surface area contributed by atoms with E-state index in [0.29, 0.717) is 15.6 Å². The van der Waals surface area contributed by atoms with Gasteiger partial charge in [-0.2, -0.15) is 11.8 Å². The highest BCUT2D eigenvalue weighted by atomic mass is 32.2. The number of rotatable bonds is 4.